The summed E-state index contributed by atoms with van der Waals surface area (Å²) in [6.45, 7) is 2.70. The molecule has 0 amide bonds. The first-order valence-corrected chi connectivity index (χ1v) is 6.89. The molecule has 114 valence electrons. The van der Waals surface area contributed by atoms with Crippen molar-refractivity contribution in [3.8, 4) is 11.5 Å². The van der Waals surface area contributed by atoms with Gasteiger partial charge in [0.1, 0.15) is 12.1 Å². The van der Waals surface area contributed by atoms with E-state index in [0.29, 0.717) is 5.89 Å². The summed E-state index contributed by atoms with van der Waals surface area (Å²) in [5.74, 6) is 0.268. The first-order chi connectivity index (χ1) is 9.70. The van der Waals surface area contributed by atoms with Crippen LogP contribution < -0.4 is 5.73 Å². The lowest BCUT2D eigenvalue weighted by Gasteiger charge is -2.29. The molecule has 0 radical (unpaired) electrons. The average Bonchev–Trinajstić information content (AvgIpc) is 2.88. The second kappa shape index (κ2) is 7.02. The molecule has 6 heteroatoms. The Morgan fingerprint density at radius 1 is 1.33 bits per heavy atom. The van der Waals surface area contributed by atoms with Gasteiger partial charge in [-0.05, 0) is 43.7 Å². The summed E-state index contributed by atoms with van der Waals surface area (Å²) in [7, 11) is 0. The van der Waals surface area contributed by atoms with Gasteiger partial charge in [0, 0.05) is 24.7 Å². The third-order valence-electron chi connectivity index (χ3n) is 3.57. The minimum absolute atomic E-state index is 0. The predicted molar refractivity (Wildman–Crippen MR) is 81.6 cm³/mol. The van der Waals surface area contributed by atoms with Crippen LogP contribution in [0.15, 0.2) is 34.9 Å². The molecule has 3 rings (SSSR count). The smallest absolute Gasteiger partial charge is 0.226 e. The summed E-state index contributed by atoms with van der Waals surface area (Å²) in [4.78, 5) is 6.75. The zero-order chi connectivity index (χ0) is 13.9. The highest BCUT2D eigenvalue weighted by Crippen LogP contribution is 2.20. The normalized spacial score (nSPS) is 19.2. The zero-order valence-electron chi connectivity index (χ0n) is 11.7. The molecular formula is C15H19ClFN3O. The highest BCUT2D eigenvalue weighted by molar-refractivity contribution is 5.85. The summed E-state index contributed by atoms with van der Waals surface area (Å²) >= 11 is 0. The third-order valence-corrected chi connectivity index (χ3v) is 3.57. The van der Waals surface area contributed by atoms with Crippen LogP contribution in [0.2, 0.25) is 0 Å². The minimum atomic E-state index is -0.261. The van der Waals surface area contributed by atoms with Crippen molar-refractivity contribution in [1.82, 2.24) is 9.88 Å². The Bertz CT molecular complexity index is 573. The van der Waals surface area contributed by atoms with Crippen molar-refractivity contribution in [3.05, 3.63) is 42.0 Å². The summed E-state index contributed by atoms with van der Waals surface area (Å²) in [6, 6.07) is 6.40. The molecule has 0 spiro atoms. The molecule has 4 nitrogen and oxygen atoms in total. The van der Waals surface area contributed by atoms with Crippen LogP contribution in [-0.4, -0.2) is 29.0 Å². The lowest BCUT2D eigenvalue weighted by Crippen LogP contribution is -2.42. The molecule has 1 aliphatic heterocycles. The fourth-order valence-corrected chi connectivity index (χ4v) is 2.57. The Balaban J connectivity index is 0.00000161. The van der Waals surface area contributed by atoms with Gasteiger partial charge in [0.2, 0.25) is 5.89 Å². The Hall–Kier alpha value is -1.43. The van der Waals surface area contributed by atoms with E-state index in [2.05, 4.69) is 9.88 Å². The molecule has 1 fully saturated rings. The van der Waals surface area contributed by atoms with Gasteiger partial charge in [-0.3, -0.25) is 4.90 Å². The largest absolute Gasteiger partial charge is 0.444 e. The predicted octanol–water partition coefficient (Wildman–Crippen LogP) is 2.83. The van der Waals surface area contributed by atoms with Crippen molar-refractivity contribution in [1.29, 1.82) is 0 Å². The maximum Gasteiger partial charge on any atom is 0.226 e. The number of oxazole rings is 1. The number of likely N-dealkylation sites (tertiary alicyclic amines) is 1. The Morgan fingerprint density at radius 3 is 2.81 bits per heavy atom. The quantitative estimate of drug-likeness (QED) is 0.947. The average molecular weight is 312 g/mol. The zero-order valence-corrected chi connectivity index (χ0v) is 12.5. The van der Waals surface area contributed by atoms with Crippen LogP contribution >= 0.6 is 12.4 Å². The molecule has 1 aromatic heterocycles. The monoisotopic (exact) mass is 311 g/mol. The lowest BCUT2D eigenvalue weighted by atomic mass is 10.1. The first-order valence-electron chi connectivity index (χ1n) is 6.89. The number of nitrogens with two attached hydrogens (primary N) is 1. The number of benzene rings is 1. The number of piperidine rings is 1. The maximum absolute atomic E-state index is 12.9. The number of hydrogen-bond acceptors (Lipinski definition) is 4. The van der Waals surface area contributed by atoms with Crippen molar-refractivity contribution >= 4 is 12.4 Å². The van der Waals surface area contributed by atoms with Gasteiger partial charge in [-0.1, -0.05) is 0 Å². The van der Waals surface area contributed by atoms with E-state index in [1.165, 1.54) is 12.1 Å². The van der Waals surface area contributed by atoms with E-state index in [1.807, 2.05) is 0 Å². The van der Waals surface area contributed by atoms with E-state index >= 15 is 0 Å². The highest BCUT2D eigenvalue weighted by Gasteiger charge is 2.18. The first kappa shape index (κ1) is 15.9. The highest BCUT2D eigenvalue weighted by atomic mass is 35.5. The van der Waals surface area contributed by atoms with Gasteiger partial charge in [-0.25, -0.2) is 9.37 Å². The number of nitrogens with zero attached hydrogens (tertiary/aromatic N) is 2. The van der Waals surface area contributed by atoms with Crippen molar-refractivity contribution in [2.24, 2.45) is 5.73 Å². The van der Waals surface area contributed by atoms with Crippen molar-refractivity contribution in [2.45, 2.75) is 25.4 Å². The van der Waals surface area contributed by atoms with Gasteiger partial charge in [0.25, 0.3) is 0 Å². The summed E-state index contributed by atoms with van der Waals surface area (Å²) in [5.41, 5.74) is 7.64. The van der Waals surface area contributed by atoms with E-state index in [4.69, 9.17) is 10.2 Å². The summed E-state index contributed by atoms with van der Waals surface area (Å²) in [6.07, 6.45) is 3.89. The van der Waals surface area contributed by atoms with Crippen LogP contribution in [0.3, 0.4) is 0 Å². The SMILES string of the molecule is Cl.N[C@@H]1CCCN(Cc2coc(-c3ccc(F)cc3)n2)C1. The van der Waals surface area contributed by atoms with Gasteiger partial charge in [0.05, 0.1) is 5.69 Å². The molecule has 1 saturated heterocycles. The Labute approximate surface area is 129 Å². The maximum atomic E-state index is 12.9. The van der Waals surface area contributed by atoms with E-state index in [9.17, 15) is 4.39 Å². The molecule has 2 aromatic rings. The molecule has 0 bridgehead atoms. The van der Waals surface area contributed by atoms with Crippen LogP contribution in [0, 0.1) is 5.82 Å². The molecule has 1 atom stereocenters. The van der Waals surface area contributed by atoms with Crippen LogP contribution in [0.25, 0.3) is 11.5 Å². The Kier molecular flexibility index (Phi) is 5.33. The molecule has 2 heterocycles. The molecule has 1 aromatic carbocycles. The number of halogens is 2. The molecule has 0 saturated carbocycles. The van der Waals surface area contributed by atoms with Crippen molar-refractivity contribution in [2.75, 3.05) is 13.1 Å². The lowest BCUT2D eigenvalue weighted by molar-refractivity contribution is 0.199. The second-order valence-electron chi connectivity index (χ2n) is 5.29. The van der Waals surface area contributed by atoms with E-state index in [-0.39, 0.29) is 24.3 Å². The standard InChI is InChI=1S/C15H18FN3O.ClH/c16-12-5-3-11(4-6-12)15-18-14(10-20-15)9-19-7-1-2-13(17)8-19;/h3-6,10,13H,1-2,7-9,17H2;1H/t13-;/m1./s1. The van der Waals surface area contributed by atoms with Gasteiger partial charge >= 0.3 is 0 Å². The molecular weight excluding hydrogens is 293 g/mol. The summed E-state index contributed by atoms with van der Waals surface area (Å²) < 4.78 is 18.4. The number of rotatable bonds is 3. The number of hydrogen-bond donors (Lipinski definition) is 1. The fourth-order valence-electron chi connectivity index (χ4n) is 2.57. The molecule has 2 N–H and O–H groups in total. The Morgan fingerprint density at radius 2 is 2.10 bits per heavy atom. The van der Waals surface area contributed by atoms with Crippen molar-refractivity contribution in [3.63, 3.8) is 0 Å². The van der Waals surface area contributed by atoms with Crippen LogP contribution in [0.1, 0.15) is 18.5 Å². The van der Waals surface area contributed by atoms with Crippen molar-refractivity contribution < 1.29 is 8.81 Å². The van der Waals surface area contributed by atoms with Gasteiger partial charge < -0.3 is 10.2 Å². The molecule has 0 unspecified atom stereocenters. The van der Waals surface area contributed by atoms with Gasteiger partial charge in [-0.2, -0.15) is 0 Å². The van der Waals surface area contributed by atoms with Crippen LogP contribution in [0.4, 0.5) is 4.39 Å². The van der Waals surface area contributed by atoms with Gasteiger partial charge in [-0.15, -0.1) is 12.4 Å². The van der Waals surface area contributed by atoms with Gasteiger partial charge in [0.15, 0.2) is 0 Å². The minimum Gasteiger partial charge on any atom is -0.444 e. The second-order valence-corrected chi connectivity index (χ2v) is 5.29. The fraction of sp³-hybridized carbons (Fsp3) is 0.400. The number of aromatic nitrogens is 1. The van der Waals surface area contributed by atoms with E-state index in [1.54, 1.807) is 18.4 Å². The van der Waals surface area contributed by atoms with Crippen LogP contribution in [-0.2, 0) is 6.54 Å². The summed E-state index contributed by atoms with van der Waals surface area (Å²) in [5, 5.41) is 0. The van der Waals surface area contributed by atoms with Crippen LogP contribution in [0.5, 0.6) is 0 Å². The van der Waals surface area contributed by atoms with E-state index < -0.39 is 0 Å². The molecule has 0 aliphatic carbocycles. The molecule has 1 aliphatic rings. The molecule has 21 heavy (non-hydrogen) atoms. The topological polar surface area (TPSA) is 55.3 Å². The van der Waals surface area contributed by atoms with E-state index in [0.717, 1.165) is 43.7 Å². The third kappa shape index (κ3) is 4.03.